The van der Waals surface area contributed by atoms with Crippen LogP contribution in [0.2, 0.25) is 5.02 Å². The molecule has 0 amide bonds. The number of rotatable bonds is 2. The molecule has 62 valence electrons. The second-order valence-electron chi connectivity index (χ2n) is 3.14. The van der Waals surface area contributed by atoms with Crippen LogP contribution >= 0.6 is 22.9 Å². The molecule has 1 aromatic heterocycles. The van der Waals surface area contributed by atoms with Gasteiger partial charge >= 0.3 is 0 Å². The van der Waals surface area contributed by atoms with Crippen LogP contribution in [0, 0.1) is 0 Å². The molecule has 11 heavy (non-hydrogen) atoms. The van der Waals surface area contributed by atoms with E-state index in [2.05, 4.69) is 0 Å². The predicted molar refractivity (Wildman–Crippen MR) is 49.4 cm³/mol. The monoisotopic (exact) mass is 190 g/mol. The van der Waals surface area contributed by atoms with Crippen molar-refractivity contribution in [3.63, 3.8) is 0 Å². The third-order valence-electron chi connectivity index (χ3n) is 1.63. The molecule has 1 heterocycles. The van der Waals surface area contributed by atoms with Crippen LogP contribution in [0.5, 0.6) is 0 Å². The summed E-state index contributed by atoms with van der Waals surface area (Å²) in [6.45, 7) is 4.09. The summed E-state index contributed by atoms with van der Waals surface area (Å²) in [5, 5.41) is 11.7. The van der Waals surface area contributed by atoms with E-state index >= 15 is 0 Å². The van der Waals surface area contributed by atoms with E-state index in [4.69, 9.17) is 16.7 Å². The van der Waals surface area contributed by atoms with Crippen LogP contribution in [-0.4, -0.2) is 11.7 Å². The molecule has 0 aromatic carbocycles. The quantitative estimate of drug-likeness (QED) is 0.761. The van der Waals surface area contributed by atoms with Gasteiger partial charge in [0.1, 0.15) is 0 Å². The van der Waals surface area contributed by atoms with Crippen LogP contribution in [0.3, 0.4) is 0 Å². The van der Waals surface area contributed by atoms with Crippen molar-refractivity contribution in [2.24, 2.45) is 0 Å². The Morgan fingerprint density at radius 2 is 2.27 bits per heavy atom. The summed E-state index contributed by atoms with van der Waals surface area (Å²) in [4.78, 5) is 1.06. The van der Waals surface area contributed by atoms with Crippen LogP contribution in [0.1, 0.15) is 18.7 Å². The molecule has 0 atom stereocenters. The molecule has 0 bridgehead atoms. The van der Waals surface area contributed by atoms with Gasteiger partial charge in [0.25, 0.3) is 0 Å². The number of hydrogen-bond acceptors (Lipinski definition) is 2. The van der Waals surface area contributed by atoms with Crippen molar-refractivity contribution in [3.8, 4) is 0 Å². The maximum absolute atomic E-state index is 9.04. The molecule has 1 N–H and O–H groups in total. The Labute approximate surface area is 75.6 Å². The Morgan fingerprint density at radius 1 is 1.64 bits per heavy atom. The minimum Gasteiger partial charge on any atom is -0.395 e. The van der Waals surface area contributed by atoms with Crippen molar-refractivity contribution in [1.82, 2.24) is 0 Å². The van der Waals surface area contributed by atoms with Crippen molar-refractivity contribution >= 4 is 22.9 Å². The van der Waals surface area contributed by atoms with Gasteiger partial charge in [-0.1, -0.05) is 25.4 Å². The van der Waals surface area contributed by atoms with Gasteiger partial charge < -0.3 is 5.11 Å². The van der Waals surface area contributed by atoms with E-state index < -0.39 is 0 Å². The van der Waals surface area contributed by atoms with Crippen molar-refractivity contribution in [1.29, 1.82) is 0 Å². The van der Waals surface area contributed by atoms with Gasteiger partial charge in [-0.3, -0.25) is 0 Å². The molecule has 0 aliphatic rings. The fraction of sp³-hybridized carbons (Fsp3) is 0.500. The topological polar surface area (TPSA) is 20.2 Å². The lowest BCUT2D eigenvalue weighted by molar-refractivity contribution is 0.221. The third kappa shape index (κ3) is 1.75. The first-order chi connectivity index (χ1) is 5.08. The van der Waals surface area contributed by atoms with Gasteiger partial charge in [-0.05, 0) is 11.4 Å². The average molecular weight is 191 g/mol. The van der Waals surface area contributed by atoms with Crippen molar-refractivity contribution in [2.75, 3.05) is 6.61 Å². The van der Waals surface area contributed by atoms with Crippen LogP contribution in [0.25, 0.3) is 0 Å². The summed E-state index contributed by atoms with van der Waals surface area (Å²) in [6, 6.07) is 1.86. The molecule has 0 unspecified atom stereocenters. The van der Waals surface area contributed by atoms with Crippen LogP contribution < -0.4 is 0 Å². The Morgan fingerprint density at radius 3 is 2.64 bits per heavy atom. The second kappa shape index (κ2) is 3.13. The minimum atomic E-state index is -0.203. The van der Waals surface area contributed by atoms with Crippen LogP contribution in [0.4, 0.5) is 0 Å². The minimum absolute atomic E-state index is 0.132. The first-order valence-electron chi connectivity index (χ1n) is 3.42. The van der Waals surface area contributed by atoms with E-state index in [9.17, 15) is 0 Å². The fourth-order valence-corrected chi connectivity index (χ4v) is 2.28. The highest BCUT2D eigenvalue weighted by molar-refractivity contribution is 7.10. The van der Waals surface area contributed by atoms with E-state index in [0.717, 1.165) is 9.90 Å². The summed E-state index contributed by atoms with van der Waals surface area (Å²) in [6.07, 6.45) is 0. The second-order valence-corrected chi connectivity index (χ2v) is 4.46. The molecule has 0 aliphatic carbocycles. The average Bonchev–Trinajstić information content (AvgIpc) is 2.36. The number of halogens is 1. The SMILES string of the molecule is CC(C)(CO)c1sccc1Cl. The Balaban J connectivity index is 3.00. The Hall–Kier alpha value is -0.0500. The van der Waals surface area contributed by atoms with E-state index in [0.29, 0.717) is 0 Å². The summed E-state index contributed by atoms with van der Waals surface area (Å²) < 4.78 is 0. The van der Waals surface area contributed by atoms with Gasteiger partial charge in [-0.25, -0.2) is 0 Å². The summed E-state index contributed by atoms with van der Waals surface area (Å²) in [5.41, 5.74) is -0.203. The number of thiophene rings is 1. The molecule has 1 nitrogen and oxygen atoms in total. The van der Waals surface area contributed by atoms with Gasteiger partial charge in [0, 0.05) is 10.3 Å². The maximum Gasteiger partial charge on any atom is 0.0551 e. The molecular weight excluding hydrogens is 180 g/mol. The van der Waals surface area contributed by atoms with Gasteiger partial charge in [0.05, 0.1) is 11.6 Å². The molecule has 0 saturated heterocycles. The number of hydrogen-bond donors (Lipinski definition) is 1. The molecule has 0 fully saturated rings. The fourth-order valence-electron chi connectivity index (χ4n) is 0.848. The van der Waals surface area contributed by atoms with Crippen molar-refractivity contribution in [3.05, 3.63) is 21.3 Å². The van der Waals surface area contributed by atoms with E-state index in [1.807, 2.05) is 25.3 Å². The highest BCUT2D eigenvalue weighted by Crippen LogP contribution is 2.33. The number of aliphatic hydroxyl groups excluding tert-OH is 1. The Bertz CT molecular complexity index is 242. The van der Waals surface area contributed by atoms with E-state index in [1.165, 1.54) is 0 Å². The van der Waals surface area contributed by atoms with Crippen molar-refractivity contribution < 1.29 is 5.11 Å². The zero-order valence-electron chi connectivity index (χ0n) is 6.60. The van der Waals surface area contributed by atoms with Gasteiger partial charge in [-0.15, -0.1) is 11.3 Å². The van der Waals surface area contributed by atoms with E-state index in [-0.39, 0.29) is 12.0 Å². The lowest BCUT2D eigenvalue weighted by Gasteiger charge is -2.20. The molecule has 1 rings (SSSR count). The molecule has 0 spiro atoms. The smallest absolute Gasteiger partial charge is 0.0551 e. The zero-order valence-corrected chi connectivity index (χ0v) is 8.17. The van der Waals surface area contributed by atoms with Crippen molar-refractivity contribution in [2.45, 2.75) is 19.3 Å². The third-order valence-corrected chi connectivity index (χ3v) is 3.33. The van der Waals surface area contributed by atoms with Gasteiger partial charge in [-0.2, -0.15) is 0 Å². The molecule has 0 saturated carbocycles. The summed E-state index contributed by atoms with van der Waals surface area (Å²) in [5.74, 6) is 0. The lowest BCUT2D eigenvalue weighted by Crippen LogP contribution is -2.20. The highest BCUT2D eigenvalue weighted by Gasteiger charge is 2.23. The lowest BCUT2D eigenvalue weighted by atomic mass is 9.93. The van der Waals surface area contributed by atoms with E-state index in [1.54, 1.807) is 11.3 Å². The van der Waals surface area contributed by atoms with Gasteiger partial charge in [0.2, 0.25) is 0 Å². The summed E-state index contributed by atoms with van der Waals surface area (Å²) in [7, 11) is 0. The Kier molecular flexibility index (Phi) is 2.58. The summed E-state index contributed by atoms with van der Waals surface area (Å²) >= 11 is 7.49. The van der Waals surface area contributed by atoms with Crippen LogP contribution in [-0.2, 0) is 5.41 Å². The molecule has 0 radical (unpaired) electrons. The first-order valence-corrected chi connectivity index (χ1v) is 4.68. The molecule has 0 aliphatic heterocycles. The highest BCUT2D eigenvalue weighted by atomic mass is 35.5. The largest absolute Gasteiger partial charge is 0.395 e. The predicted octanol–water partition coefficient (Wildman–Crippen LogP) is 2.67. The number of aliphatic hydroxyl groups is 1. The standard InChI is InChI=1S/C8H11ClOS/c1-8(2,5-10)7-6(9)3-4-11-7/h3-4,10H,5H2,1-2H3. The zero-order chi connectivity index (χ0) is 8.48. The van der Waals surface area contributed by atoms with Crippen LogP contribution in [0.15, 0.2) is 11.4 Å². The molecular formula is C8H11ClOS. The first kappa shape index (κ1) is 9.04. The molecule has 3 heteroatoms. The molecule has 1 aromatic rings. The normalized spacial score (nSPS) is 12.0. The maximum atomic E-state index is 9.04. The van der Waals surface area contributed by atoms with Gasteiger partial charge in [0.15, 0.2) is 0 Å².